The first-order valence-electron chi connectivity index (χ1n) is 6.19. The lowest BCUT2D eigenvalue weighted by atomic mass is 9.90. The van der Waals surface area contributed by atoms with Gasteiger partial charge in [-0.2, -0.15) is 0 Å². The number of rotatable bonds is 3. The minimum absolute atomic E-state index is 0.568. The Kier molecular flexibility index (Phi) is 3.66. The summed E-state index contributed by atoms with van der Waals surface area (Å²) < 4.78 is 5.32. The maximum atomic E-state index is 10.5. The Bertz CT molecular complexity index is 310. The summed E-state index contributed by atoms with van der Waals surface area (Å²) in [4.78, 5) is 2.40. The van der Waals surface area contributed by atoms with Gasteiger partial charge in [-0.3, -0.25) is 0 Å². The molecule has 1 aliphatic heterocycles. The molecule has 1 fully saturated rings. The van der Waals surface area contributed by atoms with Gasteiger partial charge in [0.25, 0.3) is 0 Å². The number of aliphatic hydroxyl groups is 1. The summed E-state index contributed by atoms with van der Waals surface area (Å²) >= 11 is 0. The van der Waals surface area contributed by atoms with Crippen LogP contribution in [-0.2, 0) is 6.42 Å². The SMILES string of the molecule is CCN1CCCC(O)(Cc2ccco2)CC1. The van der Waals surface area contributed by atoms with E-state index in [2.05, 4.69) is 11.8 Å². The fourth-order valence-electron chi connectivity index (χ4n) is 2.47. The molecule has 1 N–H and O–H groups in total. The second-order valence-electron chi connectivity index (χ2n) is 4.77. The molecule has 0 amide bonds. The van der Waals surface area contributed by atoms with E-state index in [0.717, 1.165) is 44.7 Å². The molecule has 3 nitrogen and oxygen atoms in total. The van der Waals surface area contributed by atoms with E-state index in [1.807, 2.05) is 12.1 Å². The van der Waals surface area contributed by atoms with Crippen LogP contribution < -0.4 is 0 Å². The summed E-state index contributed by atoms with van der Waals surface area (Å²) in [5.41, 5.74) is -0.568. The van der Waals surface area contributed by atoms with Crippen molar-refractivity contribution < 1.29 is 9.52 Å². The highest BCUT2D eigenvalue weighted by molar-refractivity contribution is 5.03. The highest BCUT2D eigenvalue weighted by atomic mass is 16.3. The lowest BCUT2D eigenvalue weighted by Crippen LogP contribution is -2.33. The first kappa shape index (κ1) is 11.7. The molecule has 1 aromatic rings. The van der Waals surface area contributed by atoms with Crippen LogP contribution in [0.25, 0.3) is 0 Å². The van der Waals surface area contributed by atoms with Crippen molar-refractivity contribution in [2.24, 2.45) is 0 Å². The molecule has 0 saturated carbocycles. The molecular weight excluding hydrogens is 202 g/mol. The molecule has 90 valence electrons. The summed E-state index contributed by atoms with van der Waals surface area (Å²) in [6.07, 6.45) is 5.13. The van der Waals surface area contributed by atoms with E-state index in [1.54, 1.807) is 6.26 Å². The zero-order valence-electron chi connectivity index (χ0n) is 9.98. The molecule has 2 rings (SSSR count). The average Bonchev–Trinajstić information content (AvgIpc) is 2.68. The largest absolute Gasteiger partial charge is 0.469 e. The molecule has 1 unspecified atom stereocenters. The second-order valence-corrected chi connectivity index (χ2v) is 4.77. The summed E-state index contributed by atoms with van der Waals surface area (Å²) in [6.45, 7) is 5.36. The number of nitrogens with zero attached hydrogens (tertiary/aromatic N) is 1. The van der Waals surface area contributed by atoms with Gasteiger partial charge in [-0.25, -0.2) is 0 Å². The van der Waals surface area contributed by atoms with Gasteiger partial charge in [0.1, 0.15) is 5.76 Å². The topological polar surface area (TPSA) is 36.6 Å². The van der Waals surface area contributed by atoms with Crippen LogP contribution in [0.1, 0.15) is 31.9 Å². The average molecular weight is 223 g/mol. The molecule has 0 aromatic carbocycles. The molecule has 16 heavy (non-hydrogen) atoms. The van der Waals surface area contributed by atoms with E-state index >= 15 is 0 Å². The third kappa shape index (κ3) is 2.86. The van der Waals surface area contributed by atoms with Crippen molar-refractivity contribution in [2.45, 2.75) is 38.2 Å². The van der Waals surface area contributed by atoms with Gasteiger partial charge in [-0.15, -0.1) is 0 Å². The maximum Gasteiger partial charge on any atom is 0.106 e. The predicted molar refractivity (Wildman–Crippen MR) is 63.3 cm³/mol. The predicted octanol–water partition coefficient (Wildman–Crippen LogP) is 2.06. The van der Waals surface area contributed by atoms with Gasteiger partial charge in [0, 0.05) is 13.0 Å². The first-order chi connectivity index (χ1) is 7.72. The van der Waals surface area contributed by atoms with Gasteiger partial charge in [0.2, 0.25) is 0 Å². The Morgan fingerprint density at radius 2 is 2.31 bits per heavy atom. The van der Waals surface area contributed by atoms with Gasteiger partial charge in [-0.1, -0.05) is 6.92 Å². The van der Waals surface area contributed by atoms with Crippen LogP contribution in [0, 0.1) is 0 Å². The number of furan rings is 1. The Morgan fingerprint density at radius 1 is 1.44 bits per heavy atom. The molecule has 1 saturated heterocycles. The Balaban J connectivity index is 1.96. The van der Waals surface area contributed by atoms with Crippen molar-refractivity contribution in [3.63, 3.8) is 0 Å². The van der Waals surface area contributed by atoms with Crippen LogP contribution in [0.5, 0.6) is 0 Å². The summed E-state index contributed by atoms with van der Waals surface area (Å²) in [5.74, 6) is 0.896. The monoisotopic (exact) mass is 223 g/mol. The maximum absolute atomic E-state index is 10.5. The molecule has 0 radical (unpaired) electrons. The minimum Gasteiger partial charge on any atom is -0.469 e. The van der Waals surface area contributed by atoms with Crippen molar-refractivity contribution in [1.29, 1.82) is 0 Å². The van der Waals surface area contributed by atoms with Crippen LogP contribution in [0.15, 0.2) is 22.8 Å². The van der Waals surface area contributed by atoms with Gasteiger partial charge < -0.3 is 14.4 Å². The first-order valence-corrected chi connectivity index (χ1v) is 6.19. The molecule has 0 spiro atoms. The molecular formula is C13H21NO2. The van der Waals surface area contributed by atoms with Gasteiger partial charge in [0.05, 0.1) is 11.9 Å². The highest BCUT2D eigenvalue weighted by Crippen LogP contribution is 2.26. The van der Waals surface area contributed by atoms with Gasteiger partial charge in [-0.05, 0) is 44.5 Å². The van der Waals surface area contributed by atoms with Crippen molar-refractivity contribution in [3.05, 3.63) is 24.2 Å². The van der Waals surface area contributed by atoms with Crippen molar-refractivity contribution in [1.82, 2.24) is 4.90 Å². The van der Waals surface area contributed by atoms with E-state index < -0.39 is 5.60 Å². The number of likely N-dealkylation sites (tertiary alicyclic amines) is 1. The Labute approximate surface area is 97.1 Å². The van der Waals surface area contributed by atoms with Crippen LogP contribution >= 0.6 is 0 Å². The van der Waals surface area contributed by atoms with Crippen molar-refractivity contribution in [2.75, 3.05) is 19.6 Å². The zero-order chi connectivity index (χ0) is 11.4. The van der Waals surface area contributed by atoms with Crippen LogP contribution in [0.2, 0.25) is 0 Å². The minimum atomic E-state index is -0.568. The third-order valence-corrected chi connectivity index (χ3v) is 3.54. The number of hydrogen-bond donors (Lipinski definition) is 1. The molecule has 3 heteroatoms. The van der Waals surface area contributed by atoms with Gasteiger partial charge in [0.15, 0.2) is 0 Å². The van der Waals surface area contributed by atoms with Crippen molar-refractivity contribution in [3.8, 4) is 0 Å². The van der Waals surface area contributed by atoms with Crippen LogP contribution in [0.4, 0.5) is 0 Å². The highest BCUT2D eigenvalue weighted by Gasteiger charge is 2.30. The standard InChI is InChI=1S/C13H21NO2/c1-2-14-8-4-6-13(15,7-9-14)11-12-5-3-10-16-12/h3,5,10,15H,2,4,6-9,11H2,1H3. The quantitative estimate of drug-likeness (QED) is 0.852. The number of hydrogen-bond acceptors (Lipinski definition) is 3. The lowest BCUT2D eigenvalue weighted by molar-refractivity contribution is 0.0212. The molecule has 1 atom stereocenters. The van der Waals surface area contributed by atoms with Crippen LogP contribution in [-0.4, -0.2) is 35.2 Å². The summed E-state index contributed by atoms with van der Waals surface area (Å²) in [5, 5.41) is 10.5. The molecule has 0 bridgehead atoms. The second kappa shape index (κ2) is 5.02. The summed E-state index contributed by atoms with van der Waals surface area (Å²) in [6, 6.07) is 3.83. The van der Waals surface area contributed by atoms with E-state index in [-0.39, 0.29) is 0 Å². The van der Waals surface area contributed by atoms with E-state index in [9.17, 15) is 5.11 Å². The van der Waals surface area contributed by atoms with E-state index in [4.69, 9.17) is 4.42 Å². The van der Waals surface area contributed by atoms with E-state index in [1.165, 1.54) is 0 Å². The fraction of sp³-hybridized carbons (Fsp3) is 0.692. The molecule has 0 aliphatic carbocycles. The van der Waals surface area contributed by atoms with Crippen molar-refractivity contribution >= 4 is 0 Å². The lowest BCUT2D eigenvalue weighted by Gasteiger charge is -2.25. The molecule has 1 aromatic heterocycles. The normalized spacial score (nSPS) is 27.9. The fourth-order valence-corrected chi connectivity index (χ4v) is 2.47. The van der Waals surface area contributed by atoms with E-state index in [0.29, 0.717) is 6.42 Å². The summed E-state index contributed by atoms with van der Waals surface area (Å²) in [7, 11) is 0. The van der Waals surface area contributed by atoms with Gasteiger partial charge >= 0.3 is 0 Å². The third-order valence-electron chi connectivity index (χ3n) is 3.54. The molecule has 1 aliphatic rings. The van der Waals surface area contributed by atoms with Crippen LogP contribution in [0.3, 0.4) is 0 Å². The Morgan fingerprint density at radius 3 is 3.00 bits per heavy atom. The Hall–Kier alpha value is -0.800. The zero-order valence-corrected chi connectivity index (χ0v) is 9.98. The smallest absolute Gasteiger partial charge is 0.106 e. The molecule has 2 heterocycles.